The van der Waals surface area contributed by atoms with Crippen molar-refractivity contribution in [1.29, 1.82) is 0 Å². The summed E-state index contributed by atoms with van der Waals surface area (Å²) in [6.07, 6.45) is 4.27. The minimum absolute atomic E-state index is 0.800. The molecule has 0 aliphatic heterocycles. The average Bonchev–Trinajstić information content (AvgIpc) is 2.93. The predicted molar refractivity (Wildman–Crippen MR) is 130 cm³/mol. The zero-order chi connectivity index (χ0) is 30.8. The first kappa shape index (κ1) is 32.7. The smallest absolute Gasteiger partial charge is 0.219 e. The molecule has 0 aliphatic carbocycles. The molecule has 2 aromatic heterocycles. The van der Waals surface area contributed by atoms with Gasteiger partial charge in [0.25, 0.3) is 0 Å². The highest BCUT2D eigenvalue weighted by Gasteiger charge is 2.24. The van der Waals surface area contributed by atoms with Gasteiger partial charge in [-0.3, -0.25) is 0 Å². The van der Waals surface area contributed by atoms with Crippen molar-refractivity contribution in [1.82, 2.24) is 0 Å². The molecule has 0 bridgehead atoms. The van der Waals surface area contributed by atoms with E-state index in [1.807, 2.05) is 0 Å². The number of nitrogens with zero attached hydrogens (tertiary/aromatic N) is 2. The summed E-state index contributed by atoms with van der Waals surface area (Å²) in [7, 11) is -7.82. The van der Waals surface area contributed by atoms with Crippen LogP contribution in [0.15, 0.2) is 128 Å². The molecule has 218 valence electrons. The molecule has 0 unspecified atom stereocenters. The molecule has 5 rings (SSSR count). The Labute approximate surface area is 247 Å². The lowest BCUT2D eigenvalue weighted by Crippen LogP contribution is -2.68. The zero-order valence-electron chi connectivity index (χ0n) is 22.2. The van der Waals surface area contributed by atoms with Crippen LogP contribution in [0.1, 0.15) is 5.56 Å². The van der Waals surface area contributed by atoms with Crippen molar-refractivity contribution in [2.75, 3.05) is 0 Å². The highest BCUT2D eigenvalue weighted by molar-refractivity contribution is 5.73. The van der Waals surface area contributed by atoms with Crippen molar-refractivity contribution in [2.24, 2.45) is 7.05 Å². The van der Waals surface area contributed by atoms with Crippen molar-refractivity contribution >= 4 is 0 Å². The number of hydrogen-bond acceptors (Lipinski definition) is 8. The Balaban J connectivity index is 0.000000420. The molecule has 0 amide bonds. The molecular weight excluding hydrogens is 587 g/mol. The standard InChI is InChI=1S/C30H26N2.2ClHO4/c1-31-19-11-18-27(23-31)30-21-28(25-14-7-3-8-15-25)20-29(26-16-9-4-10-17-26)32(30)22-24-12-5-2-6-13-24;2*2-1(3,4)5/h2-21,23H,22H2,1H3;2*(H,2,3,4,5)/q+2;;/p-2. The summed E-state index contributed by atoms with van der Waals surface area (Å²) < 4.78 is 72.5. The largest absolute Gasteiger partial charge is 0.222 e. The number of halogens is 2. The SMILES string of the molecule is C[n+]1cccc(-c2cc(-c3ccccc3)cc(-c3ccccc3)[n+]2Cc2ccccc2)c1.[O-][Cl+3]([O-])([O-])[O-].[O-][Cl+3]([O-])([O-])[O-]. The molecule has 0 saturated heterocycles. The summed E-state index contributed by atoms with van der Waals surface area (Å²) in [5.74, 6) is 0. The van der Waals surface area contributed by atoms with Crippen LogP contribution in [0, 0.1) is 20.5 Å². The highest BCUT2D eigenvalue weighted by Crippen LogP contribution is 2.29. The Morgan fingerprint density at radius 3 is 1.38 bits per heavy atom. The molecule has 42 heavy (non-hydrogen) atoms. The van der Waals surface area contributed by atoms with Gasteiger partial charge in [-0.1, -0.05) is 78.9 Å². The molecule has 2 heterocycles. The second-order valence-electron chi connectivity index (χ2n) is 8.83. The quantitative estimate of drug-likeness (QED) is 0.181. The first-order chi connectivity index (χ1) is 19.8. The lowest BCUT2D eigenvalue weighted by atomic mass is 9.99. The van der Waals surface area contributed by atoms with Crippen LogP contribution < -0.4 is 46.4 Å². The maximum absolute atomic E-state index is 8.49. The molecule has 0 N–H and O–H groups in total. The van der Waals surface area contributed by atoms with E-state index < -0.39 is 20.5 Å². The molecule has 0 atom stereocenters. The van der Waals surface area contributed by atoms with Crippen molar-refractivity contribution in [3.05, 3.63) is 133 Å². The minimum Gasteiger partial charge on any atom is -0.222 e. The number of pyridine rings is 2. The monoisotopic (exact) mass is 612 g/mol. The van der Waals surface area contributed by atoms with E-state index in [-0.39, 0.29) is 0 Å². The van der Waals surface area contributed by atoms with Crippen LogP contribution >= 0.6 is 0 Å². The van der Waals surface area contributed by atoms with Crippen LogP contribution in [0.25, 0.3) is 33.6 Å². The Bertz CT molecular complexity index is 1520. The summed E-state index contributed by atoms with van der Waals surface area (Å²) in [6.45, 7) is 0.800. The van der Waals surface area contributed by atoms with Gasteiger partial charge in [0.2, 0.25) is 11.4 Å². The Morgan fingerprint density at radius 2 is 0.905 bits per heavy atom. The van der Waals surface area contributed by atoms with Crippen LogP contribution in [0.3, 0.4) is 0 Å². The predicted octanol–water partition coefficient (Wildman–Crippen LogP) is -3.66. The van der Waals surface area contributed by atoms with Gasteiger partial charge in [-0.25, -0.2) is 41.8 Å². The number of benzene rings is 3. The summed E-state index contributed by atoms with van der Waals surface area (Å²) in [5, 5.41) is 0. The van der Waals surface area contributed by atoms with E-state index >= 15 is 0 Å². The highest BCUT2D eigenvalue weighted by atomic mass is 35.7. The van der Waals surface area contributed by atoms with Gasteiger partial charge < -0.3 is 0 Å². The molecular formula is C30H26Cl2N2O8. The van der Waals surface area contributed by atoms with Crippen LogP contribution in [-0.2, 0) is 13.6 Å². The first-order valence-corrected chi connectivity index (χ1v) is 14.7. The summed E-state index contributed by atoms with van der Waals surface area (Å²) in [5.41, 5.74) is 8.53. The lowest BCUT2D eigenvalue weighted by molar-refractivity contribution is -2.00. The van der Waals surface area contributed by atoms with E-state index in [4.69, 9.17) is 37.3 Å². The van der Waals surface area contributed by atoms with Gasteiger partial charge >= 0.3 is 0 Å². The molecule has 0 aliphatic rings. The first-order valence-electron chi connectivity index (χ1n) is 12.2. The Kier molecular flexibility index (Phi) is 11.6. The molecule has 3 aromatic carbocycles. The van der Waals surface area contributed by atoms with E-state index in [9.17, 15) is 0 Å². The third-order valence-electron chi connectivity index (χ3n) is 5.76. The molecule has 0 radical (unpaired) electrons. The Morgan fingerprint density at radius 1 is 0.500 bits per heavy atom. The van der Waals surface area contributed by atoms with Gasteiger partial charge in [-0.15, -0.1) is 20.5 Å². The van der Waals surface area contributed by atoms with Crippen molar-refractivity contribution < 1.29 is 66.9 Å². The van der Waals surface area contributed by atoms with Gasteiger partial charge in [0, 0.05) is 29.3 Å². The number of aryl methyl sites for hydroxylation is 1. The number of aromatic nitrogens is 2. The molecule has 5 aromatic rings. The van der Waals surface area contributed by atoms with Crippen LogP contribution in [0.2, 0.25) is 0 Å². The van der Waals surface area contributed by atoms with E-state index in [1.165, 1.54) is 39.2 Å². The average molecular weight is 613 g/mol. The van der Waals surface area contributed by atoms with Crippen molar-refractivity contribution in [3.63, 3.8) is 0 Å². The maximum atomic E-state index is 8.49. The maximum Gasteiger partial charge on any atom is 0.219 e. The molecule has 0 fully saturated rings. The lowest BCUT2D eigenvalue weighted by Gasteiger charge is -2.17. The fourth-order valence-corrected chi connectivity index (χ4v) is 4.18. The van der Waals surface area contributed by atoms with Crippen LogP contribution in [0.4, 0.5) is 0 Å². The van der Waals surface area contributed by atoms with Gasteiger partial charge in [0.05, 0.1) is 0 Å². The second kappa shape index (κ2) is 14.9. The second-order valence-corrected chi connectivity index (χ2v) is 10.3. The van der Waals surface area contributed by atoms with E-state index in [0.717, 1.165) is 6.54 Å². The van der Waals surface area contributed by atoms with Gasteiger partial charge in [-0.2, -0.15) is 4.57 Å². The van der Waals surface area contributed by atoms with Gasteiger partial charge in [0.1, 0.15) is 12.6 Å². The third-order valence-corrected chi connectivity index (χ3v) is 5.76. The molecule has 10 nitrogen and oxygen atoms in total. The van der Waals surface area contributed by atoms with Crippen LogP contribution in [0.5, 0.6) is 0 Å². The van der Waals surface area contributed by atoms with Crippen molar-refractivity contribution in [2.45, 2.75) is 6.54 Å². The topological polar surface area (TPSA) is 192 Å². The van der Waals surface area contributed by atoms with E-state index in [2.05, 4.69) is 144 Å². The normalized spacial score (nSPS) is 11.1. The van der Waals surface area contributed by atoms with Gasteiger partial charge in [0.15, 0.2) is 18.9 Å². The fourth-order valence-electron chi connectivity index (χ4n) is 4.18. The number of hydrogen-bond donors (Lipinski definition) is 0. The minimum atomic E-state index is -4.94. The zero-order valence-corrected chi connectivity index (χ0v) is 23.8. The molecule has 12 heteroatoms. The summed E-state index contributed by atoms with van der Waals surface area (Å²) >= 11 is 0. The van der Waals surface area contributed by atoms with Crippen LogP contribution in [-0.4, -0.2) is 0 Å². The van der Waals surface area contributed by atoms with E-state index in [0.29, 0.717) is 0 Å². The fraction of sp³-hybridized carbons (Fsp3) is 0.0667. The molecule has 0 spiro atoms. The molecule has 0 saturated carbocycles. The Hall–Kier alpha value is -3.78. The summed E-state index contributed by atoms with van der Waals surface area (Å²) in [4.78, 5) is 0. The number of rotatable bonds is 5. The van der Waals surface area contributed by atoms with Gasteiger partial charge in [-0.05, 0) is 29.3 Å². The third kappa shape index (κ3) is 11.6. The summed E-state index contributed by atoms with van der Waals surface area (Å²) in [6, 6.07) is 40.9. The van der Waals surface area contributed by atoms with Crippen molar-refractivity contribution in [3.8, 4) is 33.6 Å². The van der Waals surface area contributed by atoms with E-state index in [1.54, 1.807) is 0 Å².